The fourth-order valence-corrected chi connectivity index (χ4v) is 7.12. The summed E-state index contributed by atoms with van der Waals surface area (Å²) >= 11 is 0. The highest BCUT2D eigenvalue weighted by molar-refractivity contribution is 6.60. The molecule has 0 aromatic heterocycles. The molecule has 0 saturated heterocycles. The molecule has 1 aromatic carbocycles. The van der Waals surface area contributed by atoms with Crippen LogP contribution in [0.5, 0.6) is 5.75 Å². The minimum atomic E-state index is -2.71. The number of nitrogens with one attached hydrogen (secondary N) is 3. The summed E-state index contributed by atoms with van der Waals surface area (Å²) in [7, 11) is -1.10. The maximum absolute atomic E-state index is 13.2. The van der Waals surface area contributed by atoms with Crippen LogP contribution in [0.3, 0.4) is 0 Å². The Balaban J connectivity index is 2.91. The number of carbonyl (C=O) groups is 3. The molecule has 0 unspecified atom stereocenters. The molecule has 2 amide bonds. The predicted molar refractivity (Wildman–Crippen MR) is 180 cm³/mol. The van der Waals surface area contributed by atoms with Crippen molar-refractivity contribution < 1.29 is 32.4 Å². The Hall–Kier alpha value is -2.35. The smallest absolute Gasteiger partial charge is 0.496 e. The van der Waals surface area contributed by atoms with Gasteiger partial charge in [-0.1, -0.05) is 41.5 Å². The molecule has 0 atom stereocenters. The normalized spacial score (nSPS) is 12.3. The number of rotatable bonds is 22. The monoisotopic (exact) mass is 652 g/mol. The van der Waals surface area contributed by atoms with Gasteiger partial charge in [0.1, 0.15) is 5.75 Å². The molecule has 0 aliphatic rings. The third kappa shape index (κ3) is 15.2. The first-order valence-electron chi connectivity index (χ1n) is 16.2. The molecule has 1 aromatic rings. The molecule has 0 aliphatic carbocycles. The second kappa shape index (κ2) is 20.0. The van der Waals surface area contributed by atoms with E-state index < -0.39 is 19.6 Å². The van der Waals surface area contributed by atoms with Crippen LogP contribution in [0.1, 0.15) is 84.7 Å². The number of Topliss-reactive ketones (excluding diaryl/α,β-unsaturated/α-hetero) is 1. The molecule has 258 valence electrons. The number of ether oxygens (including phenoxy) is 1. The maximum Gasteiger partial charge on any atom is 0.500 e. The van der Waals surface area contributed by atoms with Crippen molar-refractivity contribution >= 4 is 26.4 Å². The van der Waals surface area contributed by atoms with E-state index in [-0.39, 0.29) is 24.1 Å². The van der Waals surface area contributed by atoms with Gasteiger partial charge in [-0.25, -0.2) is 0 Å². The molecule has 0 aliphatic heterocycles. The van der Waals surface area contributed by atoms with Gasteiger partial charge in [0, 0.05) is 80.5 Å². The number of nitrogens with zero attached hydrogens (tertiary/aromatic N) is 1. The molecule has 11 nitrogen and oxygen atoms in total. The second-order valence-corrected chi connectivity index (χ2v) is 15.7. The van der Waals surface area contributed by atoms with Crippen LogP contribution in [0.2, 0.25) is 6.04 Å². The lowest BCUT2D eigenvalue weighted by Gasteiger charge is -2.28. The number of ketones is 1. The van der Waals surface area contributed by atoms with E-state index in [4.69, 9.17) is 18.0 Å². The van der Waals surface area contributed by atoms with E-state index in [1.807, 2.05) is 74.4 Å². The van der Waals surface area contributed by atoms with Gasteiger partial charge in [0.25, 0.3) is 0 Å². The average molecular weight is 653 g/mol. The zero-order valence-corrected chi connectivity index (χ0v) is 30.5. The zero-order chi connectivity index (χ0) is 34.1. The molecule has 1 rings (SSSR count). The van der Waals surface area contributed by atoms with E-state index in [1.165, 1.54) is 0 Å². The molecule has 0 fully saturated rings. The molecule has 0 radical (unpaired) electrons. The van der Waals surface area contributed by atoms with Gasteiger partial charge in [-0.05, 0) is 51.9 Å². The molecule has 3 N–H and O–H groups in total. The Morgan fingerprint density at radius 1 is 0.800 bits per heavy atom. The molecule has 45 heavy (non-hydrogen) atoms. The lowest BCUT2D eigenvalue weighted by molar-refractivity contribution is -0.129. The van der Waals surface area contributed by atoms with Gasteiger partial charge < -0.3 is 34.0 Å². The SMILES string of the molecule is CCO[Si](CCCNCC(=O)c1ccc(OC)c(CN(CCNC(=O)C(C)(C)C)CCNC(=O)C(C)(C)C)c1)(OCC)OCC. The summed E-state index contributed by atoms with van der Waals surface area (Å²) < 4.78 is 23.4. The Morgan fingerprint density at radius 3 is 1.76 bits per heavy atom. The van der Waals surface area contributed by atoms with Crippen molar-refractivity contribution in [1.82, 2.24) is 20.9 Å². The maximum atomic E-state index is 13.2. The summed E-state index contributed by atoms with van der Waals surface area (Å²) in [6.07, 6.45) is 0.764. The largest absolute Gasteiger partial charge is 0.500 e. The number of benzene rings is 1. The summed E-state index contributed by atoms with van der Waals surface area (Å²) in [6, 6.07) is 6.14. The Bertz CT molecular complexity index is 1010. The minimum Gasteiger partial charge on any atom is -0.496 e. The van der Waals surface area contributed by atoms with Crippen molar-refractivity contribution in [2.24, 2.45) is 10.8 Å². The van der Waals surface area contributed by atoms with Gasteiger partial charge in [-0.2, -0.15) is 0 Å². The van der Waals surface area contributed by atoms with E-state index in [9.17, 15) is 14.4 Å². The van der Waals surface area contributed by atoms with E-state index in [0.717, 1.165) is 12.0 Å². The van der Waals surface area contributed by atoms with Crippen molar-refractivity contribution in [2.45, 2.75) is 81.3 Å². The van der Waals surface area contributed by atoms with E-state index >= 15 is 0 Å². The van der Waals surface area contributed by atoms with E-state index in [2.05, 4.69) is 20.9 Å². The first kappa shape index (κ1) is 40.7. The quantitative estimate of drug-likeness (QED) is 0.0967. The van der Waals surface area contributed by atoms with Crippen LogP contribution in [0.15, 0.2) is 18.2 Å². The molecular weight excluding hydrogens is 592 g/mol. The van der Waals surface area contributed by atoms with E-state index in [1.54, 1.807) is 13.2 Å². The number of methoxy groups -OCH3 is 1. The third-order valence-corrected chi connectivity index (χ3v) is 10.2. The number of hydrogen-bond donors (Lipinski definition) is 3. The summed E-state index contributed by atoms with van der Waals surface area (Å²) in [5.41, 5.74) is 0.465. The molecule has 0 spiro atoms. The van der Waals surface area contributed by atoms with Crippen molar-refractivity contribution in [2.75, 3.05) is 66.2 Å². The van der Waals surface area contributed by atoms with Crippen LogP contribution in [-0.4, -0.2) is 97.5 Å². The fraction of sp³-hybridized carbons (Fsp3) is 0.727. The van der Waals surface area contributed by atoms with Crippen LogP contribution in [0.4, 0.5) is 0 Å². The summed E-state index contributed by atoms with van der Waals surface area (Å²) in [6.45, 7) is 22.0. The number of hydrogen-bond acceptors (Lipinski definition) is 9. The zero-order valence-electron chi connectivity index (χ0n) is 29.5. The lowest BCUT2D eigenvalue weighted by Crippen LogP contribution is -2.46. The fourth-order valence-electron chi connectivity index (χ4n) is 4.51. The molecular formula is C33H60N4O7Si. The van der Waals surface area contributed by atoms with Gasteiger partial charge >= 0.3 is 8.80 Å². The van der Waals surface area contributed by atoms with Crippen LogP contribution in [-0.2, 0) is 29.4 Å². The van der Waals surface area contributed by atoms with Gasteiger partial charge in [0.15, 0.2) is 5.78 Å². The predicted octanol–water partition coefficient (Wildman–Crippen LogP) is 4.03. The summed E-state index contributed by atoms with van der Waals surface area (Å²) in [5.74, 6) is 0.597. The second-order valence-electron chi connectivity index (χ2n) is 13.0. The Morgan fingerprint density at radius 2 is 1.31 bits per heavy atom. The first-order valence-corrected chi connectivity index (χ1v) is 18.2. The first-order chi connectivity index (χ1) is 21.1. The van der Waals surface area contributed by atoms with Crippen LogP contribution >= 0.6 is 0 Å². The number of amides is 2. The summed E-state index contributed by atoms with van der Waals surface area (Å²) in [4.78, 5) is 40.2. The third-order valence-electron chi connectivity index (χ3n) is 7.00. The van der Waals surface area contributed by atoms with E-state index in [0.29, 0.717) is 76.4 Å². The van der Waals surface area contributed by atoms with Crippen LogP contribution in [0.25, 0.3) is 0 Å². The van der Waals surface area contributed by atoms with Crippen molar-refractivity contribution in [3.05, 3.63) is 29.3 Å². The van der Waals surface area contributed by atoms with Crippen molar-refractivity contribution in [3.8, 4) is 5.75 Å². The van der Waals surface area contributed by atoms with Crippen molar-refractivity contribution in [3.63, 3.8) is 0 Å². The highest BCUT2D eigenvalue weighted by Crippen LogP contribution is 2.23. The molecule has 0 heterocycles. The molecule has 0 bridgehead atoms. The van der Waals surface area contributed by atoms with Gasteiger partial charge in [-0.15, -0.1) is 0 Å². The van der Waals surface area contributed by atoms with Crippen LogP contribution < -0.4 is 20.7 Å². The highest BCUT2D eigenvalue weighted by Gasteiger charge is 2.39. The van der Waals surface area contributed by atoms with Gasteiger partial charge in [-0.3, -0.25) is 19.3 Å². The lowest BCUT2D eigenvalue weighted by atomic mass is 9.96. The highest BCUT2D eigenvalue weighted by atomic mass is 28.4. The topological polar surface area (TPSA) is 127 Å². The Labute approximate surface area is 272 Å². The summed E-state index contributed by atoms with van der Waals surface area (Å²) in [5, 5.41) is 9.26. The molecule has 0 saturated carbocycles. The number of carbonyl (C=O) groups excluding carboxylic acids is 3. The standard InChI is InChI=1S/C33H60N4O7Si/c1-11-42-45(43-12-2,44-13-3)22-14-17-34-24-28(38)26-15-16-29(41-10)27(23-26)25-37(20-18-35-30(39)32(4,5)6)21-19-36-31(40)33(7,8)9/h15-16,23,34H,11-14,17-22,24-25H2,1-10H3,(H,35,39)(H,36,40). The Kier molecular flexibility index (Phi) is 18.1. The van der Waals surface area contributed by atoms with Crippen molar-refractivity contribution in [1.29, 1.82) is 0 Å². The van der Waals surface area contributed by atoms with Gasteiger partial charge in [0.2, 0.25) is 11.8 Å². The molecule has 12 heteroatoms. The average Bonchev–Trinajstić information content (AvgIpc) is 2.96. The van der Waals surface area contributed by atoms with Gasteiger partial charge in [0.05, 0.1) is 13.7 Å². The minimum absolute atomic E-state index is 0.0248. The van der Waals surface area contributed by atoms with Crippen LogP contribution in [0, 0.1) is 10.8 Å².